The predicted molar refractivity (Wildman–Crippen MR) is 118 cm³/mol. The van der Waals surface area contributed by atoms with E-state index in [2.05, 4.69) is 15.6 Å². The highest BCUT2D eigenvalue weighted by atomic mass is 32.2. The molecule has 1 atom stereocenters. The van der Waals surface area contributed by atoms with Gasteiger partial charge in [-0.1, -0.05) is 36.4 Å². The van der Waals surface area contributed by atoms with E-state index in [1.807, 2.05) is 30.5 Å². The Labute approximate surface area is 185 Å². The molecule has 1 aromatic heterocycles. The normalized spacial score (nSPS) is 16.8. The van der Waals surface area contributed by atoms with Crippen molar-refractivity contribution in [1.29, 1.82) is 0 Å². The molecular formula is C22H24N4O5S. The molecule has 10 heteroatoms. The Kier molecular flexibility index (Phi) is 6.54. The largest absolute Gasteiger partial charge is 0.361 e. The summed E-state index contributed by atoms with van der Waals surface area (Å²) in [5.74, 6) is -1.61. The smallest absolute Gasteiger partial charge is 0.309 e. The average molecular weight is 457 g/mol. The lowest BCUT2D eigenvalue weighted by molar-refractivity contribution is -0.139. The molecule has 3 aromatic rings. The number of ether oxygens (including phenoxy) is 1. The van der Waals surface area contributed by atoms with Gasteiger partial charge in [0.2, 0.25) is 10.0 Å². The molecular weight excluding hydrogens is 432 g/mol. The summed E-state index contributed by atoms with van der Waals surface area (Å²) in [4.78, 5) is 27.6. The number of benzene rings is 2. The molecule has 4 rings (SSSR count). The van der Waals surface area contributed by atoms with Gasteiger partial charge in [0.15, 0.2) is 0 Å². The topological polar surface area (TPSA) is 121 Å². The van der Waals surface area contributed by atoms with Crippen LogP contribution in [0.3, 0.4) is 0 Å². The molecule has 168 valence electrons. The van der Waals surface area contributed by atoms with Crippen LogP contribution >= 0.6 is 0 Å². The number of aromatic nitrogens is 1. The van der Waals surface area contributed by atoms with Crippen LogP contribution in [0.1, 0.15) is 5.56 Å². The molecule has 2 aromatic carbocycles. The van der Waals surface area contributed by atoms with E-state index in [1.54, 1.807) is 18.2 Å². The highest BCUT2D eigenvalue weighted by molar-refractivity contribution is 7.89. The maximum Gasteiger partial charge on any atom is 0.309 e. The molecule has 1 saturated heterocycles. The van der Waals surface area contributed by atoms with Gasteiger partial charge in [-0.15, -0.1) is 0 Å². The Bertz CT molecular complexity index is 1210. The lowest BCUT2D eigenvalue weighted by Gasteiger charge is -2.22. The summed E-state index contributed by atoms with van der Waals surface area (Å²) >= 11 is 0. The van der Waals surface area contributed by atoms with Gasteiger partial charge >= 0.3 is 11.8 Å². The molecule has 1 aliphatic heterocycles. The minimum Gasteiger partial charge on any atom is -0.361 e. The number of carbonyl (C=O) groups excluding carboxylic acids is 2. The third-order valence-electron chi connectivity index (χ3n) is 5.29. The van der Waals surface area contributed by atoms with Gasteiger partial charge in [-0.3, -0.25) is 9.59 Å². The number of aromatic amines is 1. The van der Waals surface area contributed by atoms with Crippen molar-refractivity contribution >= 4 is 32.7 Å². The first-order valence-corrected chi connectivity index (χ1v) is 11.7. The summed E-state index contributed by atoms with van der Waals surface area (Å²) in [6.45, 7) is 0.557. The molecule has 3 N–H and O–H groups in total. The lowest BCUT2D eigenvalue weighted by atomic mass is 10.1. The standard InChI is InChI=1S/C22H24N4O5S/c27-21(23-11-10-16-14-24-19-9-5-4-8-18(16)19)22(28)25-15-20-26(12-13-31-20)32(29,30)17-6-2-1-3-7-17/h1-9,14,20,24H,10-13,15H2,(H,23,27)(H,25,28). The minimum atomic E-state index is -3.76. The van der Waals surface area contributed by atoms with E-state index < -0.39 is 28.1 Å². The summed E-state index contributed by atoms with van der Waals surface area (Å²) in [5, 5.41) is 6.13. The van der Waals surface area contributed by atoms with Crippen molar-refractivity contribution in [2.75, 3.05) is 26.2 Å². The summed E-state index contributed by atoms with van der Waals surface area (Å²) in [6, 6.07) is 15.9. The Morgan fingerprint density at radius 1 is 1.03 bits per heavy atom. The number of nitrogens with zero attached hydrogens (tertiary/aromatic N) is 1. The van der Waals surface area contributed by atoms with Crippen molar-refractivity contribution in [2.24, 2.45) is 0 Å². The molecule has 1 aliphatic rings. The zero-order valence-electron chi connectivity index (χ0n) is 17.3. The second-order valence-electron chi connectivity index (χ2n) is 7.33. The van der Waals surface area contributed by atoms with E-state index in [-0.39, 0.29) is 24.6 Å². The molecule has 0 saturated carbocycles. The number of nitrogens with one attached hydrogen (secondary N) is 3. The van der Waals surface area contributed by atoms with Crippen LogP contribution < -0.4 is 10.6 Å². The Morgan fingerprint density at radius 2 is 1.75 bits per heavy atom. The minimum absolute atomic E-state index is 0.124. The summed E-state index contributed by atoms with van der Waals surface area (Å²) < 4.78 is 32.3. The van der Waals surface area contributed by atoms with Crippen molar-refractivity contribution in [2.45, 2.75) is 17.5 Å². The number of amides is 2. The highest BCUT2D eigenvalue weighted by Crippen LogP contribution is 2.22. The van der Waals surface area contributed by atoms with Gasteiger partial charge in [0, 0.05) is 30.2 Å². The average Bonchev–Trinajstić information content (AvgIpc) is 3.45. The summed E-state index contributed by atoms with van der Waals surface area (Å²) in [7, 11) is -3.76. The molecule has 1 fully saturated rings. The molecule has 2 heterocycles. The third-order valence-corrected chi connectivity index (χ3v) is 7.19. The maximum absolute atomic E-state index is 12.8. The number of carbonyl (C=O) groups is 2. The molecule has 0 spiro atoms. The number of fused-ring (bicyclic) bond motifs is 1. The molecule has 0 aliphatic carbocycles. The van der Waals surface area contributed by atoms with Crippen molar-refractivity contribution in [3.05, 3.63) is 66.4 Å². The summed E-state index contributed by atoms with van der Waals surface area (Å²) in [6.07, 6.45) is 1.58. The van der Waals surface area contributed by atoms with E-state index in [0.717, 1.165) is 16.5 Å². The fraction of sp³-hybridized carbons (Fsp3) is 0.273. The van der Waals surface area contributed by atoms with E-state index in [0.29, 0.717) is 13.0 Å². The van der Waals surface area contributed by atoms with Crippen molar-refractivity contribution < 1.29 is 22.7 Å². The van der Waals surface area contributed by atoms with Crippen LogP contribution in [0.25, 0.3) is 10.9 Å². The zero-order valence-corrected chi connectivity index (χ0v) is 18.1. The molecule has 9 nitrogen and oxygen atoms in total. The highest BCUT2D eigenvalue weighted by Gasteiger charge is 2.36. The maximum atomic E-state index is 12.8. The van der Waals surface area contributed by atoms with Crippen LogP contribution in [-0.2, 0) is 30.8 Å². The van der Waals surface area contributed by atoms with Crippen LogP contribution in [0.5, 0.6) is 0 Å². The van der Waals surface area contributed by atoms with Crippen molar-refractivity contribution in [3.8, 4) is 0 Å². The molecule has 2 amide bonds. The number of hydrogen-bond acceptors (Lipinski definition) is 5. The van der Waals surface area contributed by atoms with Crippen LogP contribution in [0.15, 0.2) is 65.7 Å². The molecule has 0 bridgehead atoms. The number of rotatable bonds is 7. The van der Waals surface area contributed by atoms with Gasteiger partial charge in [0.05, 0.1) is 18.0 Å². The fourth-order valence-corrected chi connectivity index (χ4v) is 5.19. The quantitative estimate of drug-likeness (QED) is 0.458. The van der Waals surface area contributed by atoms with Crippen LogP contribution in [0.4, 0.5) is 0 Å². The fourth-order valence-electron chi connectivity index (χ4n) is 3.66. The van der Waals surface area contributed by atoms with Crippen molar-refractivity contribution in [1.82, 2.24) is 19.9 Å². The van der Waals surface area contributed by atoms with E-state index >= 15 is 0 Å². The first-order valence-electron chi connectivity index (χ1n) is 10.3. The number of para-hydroxylation sites is 1. The van der Waals surface area contributed by atoms with Gasteiger partial charge in [-0.05, 0) is 30.2 Å². The number of hydrogen-bond donors (Lipinski definition) is 3. The number of sulfonamides is 1. The van der Waals surface area contributed by atoms with E-state index in [1.165, 1.54) is 16.4 Å². The van der Waals surface area contributed by atoms with Crippen LogP contribution in [0, 0.1) is 0 Å². The SMILES string of the molecule is O=C(NCCc1c[nH]c2ccccc12)C(=O)NCC1OCCN1S(=O)(=O)c1ccccc1. The van der Waals surface area contributed by atoms with Crippen molar-refractivity contribution in [3.63, 3.8) is 0 Å². The van der Waals surface area contributed by atoms with Gasteiger partial charge in [-0.2, -0.15) is 4.31 Å². The van der Waals surface area contributed by atoms with Crippen LogP contribution in [-0.4, -0.2) is 62.0 Å². The monoisotopic (exact) mass is 456 g/mol. The van der Waals surface area contributed by atoms with E-state index in [9.17, 15) is 18.0 Å². The zero-order chi connectivity index (χ0) is 22.6. The lowest BCUT2D eigenvalue weighted by Crippen LogP contribution is -2.47. The summed E-state index contributed by atoms with van der Waals surface area (Å²) in [5.41, 5.74) is 2.06. The Hall–Kier alpha value is -3.21. The molecule has 0 radical (unpaired) electrons. The van der Waals surface area contributed by atoms with Gasteiger partial charge in [0.1, 0.15) is 6.23 Å². The predicted octanol–water partition coefficient (Wildman–Crippen LogP) is 0.990. The van der Waals surface area contributed by atoms with Crippen LogP contribution in [0.2, 0.25) is 0 Å². The first kappa shape index (κ1) is 22.0. The van der Waals surface area contributed by atoms with Gasteiger partial charge in [0.25, 0.3) is 0 Å². The Balaban J connectivity index is 1.27. The number of H-pyrrole nitrogens is 1. The third kappa shape index (κ3) is 4.67. The van der Waals surface area contributed by atoms with E-state index in [4.69, 9.17) is 4.74 Å². The molecule has 1 unspecified atom stereocenters. The molecule has 32 heavy (non-hydrogen) atoms. The van der Waals surface area contributed by atoms with Gasteiger partial charge in [-0.25, -0.2) is 8.42 Å². The first-order chi connectivity index (χ1) is 15.5. The Morgan fingerprint density at radius 3 is 2.56 bits per heavy atom. The second-order valence-corrected chi connectivity index (χ2v) is 9.22. The van der Waals surface area contributed by atoms with Gasteiger partial charge < -0.3 is 20.4 Å². The second kappa shape index (κ2) is 9.51.